The van der Waals surface area contributed by atoms with Gasteiger partial charge in [-0.3, -0.25) is 9.88 Å². The highest BCUT2D eigenvalue weighted by atomic mass is 16.5. The third-order valence-corrected chi connectivity index (χ3v) is 4.68. The largest absolute Gasteiger partial charge is 0.493 e. The number of aromatic nitrogens is 1. The van der Waals surface area contributed by atoms with Crippen LogP contribution in [0.2, 0.25) is 0 Å². The molecule has 2 aromatic carbocycles. The molecule has 152 valence electrons. The molecule has 0 aliphatic carbocycles. The quantitative estimate of drug-likeness (QED) is 0.491. The maximum atomic E-state index is 5.96. The molecule has 0 unspecified atom stereocenters. The highest BCUT2D eigenvalue weighted by molar-refractivity contribution is 5.43. The van der Waals surface area contributed by atoms with E-state index in [1.807, 2.05) is 32.3 Å². The Labute approximate surface area is 174 Å². The van der Waals surface area contributed by atoms with Gasteiger partial charge < -0.3 is 9.47 Å². The first-order valence-corrected chi connectivity index (χ1v) is 10.0. The van der Waals surface area contributed by atoms with Gasteiger partial charge in [0.15, 0.2) is 11.5 Å². The van der Waals surface area contributed by atoms with E-state index in [1.165, 1.54) is 22.3 Å². The molecule has 0 aliphatic heterocycles. The van der Waals surface area contributed by atoms with E-state index in [1.54, 1.807) is 7.11 Å². The Bertz CT molecular complexity index is 892. The molecule has 3 aromatic rings. The Hall–Kier alpha value is -2.85. The molecule has 4 nitrogen and oxygen atoms in total. The van der Waals surface area contributed by atoms with E-state index in [0.29, 0.717) is 0 Å². The zero-order chi connectivity index (χ0) is 20.6. The monoisotopic (exact) mass is 390 g/mol. The van der Waals surface area contributed by atoms with Crippen molar-refractivity contribution < 1.29 is 9.47 Å². The zero-order valence-electron chi connectivity index (χ0n) is 17.8. The van der Waals surface area contributed by atoms with Crippen LogP contribution in [-0.2, 0) is 19.6 Å². The van der Waals surface area contributed by atoms with Crippen LogP contribution in [0.3, 0.4) is 0 Å². The molecule has 4 heteroatoms. The summed E-state index contributed by atoms with van der Waals surface area (Å²) < 4.78 is 11.4. The molecule has 0 atom stereocenters. The second kappa shape index (κ2) is 10.1. The number of methoxy groups -OCH3 is 1. The number of pyridine rings is 1. The van der Waals surface area contributed by atoms with Crippen molar-refractivity contribution in [2.24, 2.45) is 0 Å². The summed E-state index contributed by atoms with van der Waals surface area (Å²) in [6.45, 7) is 8.71. The lowest BCUT2D eigenvalue weighted by atomic mass is 10.1. The normalized spacial score (nSPS) is 11.1. The summed E-state index contributed by atoms with van der Waals surface area (Å²) in [4.78, 5) is 6.57. The topological polar surface area (TPSA) is 34.6 Å². The highest BCUT2D eigenvalue weighted by Gasteiger charge is 2.12. The van der Waals surface area contributed by atoms with Gasteiger partial charge in [0.2, 0.25) is 0 Å². The summed E-state index contributed by atoms with van der Waals surface area (Å²) in [5.74, 6) is 1.56. The maximum absolute atomic E-state index is 5.96. The Morgan fingerprint density at radius 1 is 0.793 bits per heavy atom. The summed E-state index contributed by atoms with van der Waals surface area (Å²) in [5.41, 5.74) is 5.03. The Kier molecular flexibility index (Phi) is 7.25. The zero-order valence-corrected chi connectivity index (χ0v) is 17.8. The number of nitrogens with zero attached hydrogens (tertiary/aromatic N) is 2. The first kappa shape index (κ1) is 20.9. The molecule has 0 aliphatic rings. The van der Waals surface area contributed by atoms with Crippen LogP contribution in [0.15, 0.2) is 67.0 Å². The number of ether oxygens (including phenoxy) is 2. The van der Waals surface area contributed by atoms with Gasteiger partial charge in [-0.25, -0.2) is 0 Å². The third-order valence-electron chi connectivity index (χ3n) is 4.68. The van der Waals surface area contributed by atoms with Crippen molar-refractivity contribution in [3.8, 4) is 11.5 Å². The summed E-state index contributed by atoms with van der Waals surface area (Å²) in [7, 11) is 1.68. The second-order valence-electron chi connectivity index (χ2n) is 7.64. The van der Waals surface area contributed by atoms with E-state index in [-0.39, 0.29) is 6.10 Å². The predicted molar refractivity (Wildman–Crippen MR) is 117 cm³/mol. The molecule has 0 spiro atoms. The van der Waals surface area contributed by atoms with Crippen LogP contribution in [0.5, 0.6) is 11.5 Å². The first-order chi connectivity index (χ1) is 14.0. The van der Waals surface area contributed by atoms with Crippen LogP contribution in [0, 0.1) is 6.92 Å². The van der Waals surface area contributed by atoms with Gasteiger partial charge in [0.25, 0.3) is 0 Å². The molecule has 0 fully saturated rings. The van der Waals surface area contributed by atoms with Crippen LogP contribution >= 0.6 is 0 Å². The van der Waals surface area contributed by atoms with Crippen LogP contribution in [-0.4, -0.2) is 23.1 Å². The number of benzene rings is 2. The SMILES string of the molecule is COc1ccc(CN(Cc2ccncc2)Cc2ccc(C)cc2)cc1OC(C)C. The molecule has 3 rings (SSSR count). The molecule has 0 N–H and O–H groups in total. The van der Waals surface area contributed by atoms with Crippen molar-refractivity contribution >= 4 is 0 Å². The predicted octanol–water partition coefficient (Wildman–Crippen LogP) is 5.39. The minimum absolute atomic E-state index is 0.0969. The lowest BCUT2D eigenvalue weighted by Gasteiger charge is -2.24. The van der Waals surface area contributed by atoms with Crippen molar-refractivity contribution in [1.29, 1.82) is 0 Å². The third kappa shape index (κ3) is 6.33. The molecule has 29 heavy (non-hydrogen) atoms. The molecule has 0 amide bonds. The molecular formula is C25H30N2O2. The van der Waals surface area contributed by atoms with E-state index in [9.17, 15) is 0 Å². The Balaban J connectivity index is 1.82. The van der Waals surface area contributed by atoms with Gasteiger partial charge in [-0.15, -0.1) is 0 Å². The standard InChI is InChI=1S/C25H30N2O2/c1-19(2)29-25-15-23(9-10-24(25)28-4)18-27(17-22-11-13-26-14-12-22)16-21-7-5-20(3)6-8-21/h5-15,19H,16-18H2,1-4H3. The average molecular weight is 391 g/mol. The summed E-state index contributed by atoms with van der Waals surface area (Å²) >= 11 is 0. The van der Waals surface area contributed by atoms with Gasteiger partial charge >= 0.3 is 0 Å². The summed E-state index contributed by atoms with van der Waals surface area (Å²) in [6, 6.07) is 19.1. The van der Waals surface area contributed by atoms with Gasteiger partial charge in [-0.1, -0.05) is 35.9 Å². The van der Waals surface area contributed by atoms with E-state index in [0.717, 1.165) is 31.1 Å². The Morgan fingerprint density at radius 3 is 2.00 bits per heavy atom. The van der Waals surface area contributed by atoms with E-state index >= 15 is 0 Å². The van der Waals surface area contributed by atoms with E-state index in [4.69, 9.17) is 9.47 Å². The van der Waals surface area contributed by atoms with Crippen LogP contribution in [0.25, 0.3) is 0 Å². The van der Waals surface area contributed by atoms with E-state index < -0.39 is 0 Å². The van der Waals surface area contributed by atoms with Crippen molar-refractivity contribution in [2.75, 3.05) is 7.11 Å². The van der Waals surface area contributed by atoms with Gasteiger partial charge in [0.05, 0.1) is 13.2 Å². The fourth-order valence-electron chi connectivity index (χ4n) is 3.29. The number of hydrogen-bond donors (Lipinski definition) is 0. The summed E-state index contributed by atoms with van der Waals surface area (Å²) in [5, 5.41) is 0. The van der Waals surface area contributed by atoms with Gasteiger partial charge in [-0.2, -0.15) is 0 Å². The smallest absolute Gasteiger partial charge is 0.161 e. The van der Waals surface area contributed by atoms with Crippen molar-refractivity contribution in [1.82, 2.24) is 9.88 Å². The molecule has 0 bridgehead atoms. The van der Waals surface area contributed by atoms with Gasteiger partial charge in [-0.05, 0) is 61.7 Å². The maximum Gasteiger partial charge on any atom is 0.161 e. The highest BCUT2D eigenvalue weighted by Crippen LogP contribution is 2.30. The molecule has 0 saturated carbocycles. The minimum atomic E-state index is 0.0969. The number of aryl methyl sites for hydroxylation is 1. The lowest BCUT2D eigenvalue weighted by Crippen LogP contribution is -2.22. The van der Waals surface area contributed by atoms with Crippen LogP contribution in [0.4, 0.5) is 0 Å². The fourth-order valence-corrected chi connectivity index (χ4v) is 3.29. The lowest BCUT2D eigenvalue weighted by molar-refractivity contribution is 0.227. The molecule has 1 heterocycles. The molecule has 1 aromatic heterocycles. The summed E-state index contributed by atoms with van der Waals surface area (Å²) in [6.07, 6.45) is 3.79. The van der Waals surface area contributed by atoms with E-state index in [2.05, 4.69) is 65.3 Å². The van der Waals surface area contributed by atoms with Crippen molar-refractivity contribution in [2.45, 2.75) is 46.5 Å². The molecule has 0 saturated heterocycles. The Morgan fingerprint density at radius 2 is 1.38 bits per heavy atom. The fraction of sp³-hybridized carbons (Fsp3) is 0.320. The number of rotatable bonds is 9. The second-order valence-corrected chi connectivity index (χ2v) is 7.64. The first-order valence-electron chi connectivity index (χ1n) is 10.0. The van der Waals surface area contributed by atoms with Gasteiger partial charge in [0.1, 0.15) is 0 Å². The average Bonchev–Trinajstić information content (AvgIpc) is 2.70. The molecular weight excluding hydrogens is 360 g/mol. The minimum Gasteiger partial charge on any atom is -0.493 e. The van der Waals surface area contributed by atoms with Crippen LogP contribution < -0.4 is 9.47 Å². The number of hydrogen-bond acceptors (Lipinski definition) is 4. The van der Waals surface area contributed by atoms with Crippen LogP contribution in [0.1, 0.15) is 36.1 Å². The van der Waals surface area contributed by atoms with Gasteiger partial charge in [0, 0.05) is 32.0 Å². The van der Waals surface area contributed by atoms with Crippen molar-refractivity contribution in [3.05, 3.63) is 89.2 Å². The molecule has 0 radical (unpaired) electrons. The van der Waals surface area contributed by atoms with Crippen molar-refractivity contribution in [3.63, 3.8) is 0 Å².